The van der Waals surface area contributed by atoms with E-state index in [0.29, 0.717) is 17.8 Å². The van der Waals surface area contributed by atoms with E-state index in [4.69, 9.17) is 0 Å². The molecule has 0 heterocycles. The molecule has 0 aromatic carbocycles. The lowest BCUT2D eigenvalue weighted by Gasteiger charge is -2.58. The van der Waals surface area contributed by atoms with Gasteiger partial charge in [-0.2, -0.15) is 0 Å². The van der Waals surface area contributed by atoms with Crippen LogP contribution in [0.4, 0.5) is 0 Å². The molecule has 14 heavy (non-hydrogen) atoms. The predicted octanol–water partition coefficient (Wildman–Crippen LogP) is 1.76. The molecule has 4 saturated carbocycles. The molecule has 4 fully saturated rings. The van der Waals surface area contributed by atoms with E-state index in [0.717, 1.165) is 37.9 Å². The minimum atomic E-state index is -0.337. The Balaban J connectivity index is 1.85. The summed E-state index contributed by atoms with van der Waals surface area (Å²) in [6.07, 6.45) is 7.34. The number of carbonyl (C=O) groups is 1. The first kappa shape index (κ1) is 8.90. The first-order valence-corrected chi connectivity index (χ1v) is 5.86. The van der Waals surface area contributed by atoms with Gasteiger partial charge in [0, 0.05) is 6.42 Å². The van der Waals surface area contributed by atoms with Crippen LogP contribution in [0.3, 0.4) is 0 Å². The minimum absolute atomic E-state index is 0.337. The Morgan fingerprint density at radius 1 is 1.21 bits per heavy atom. The smallest absolute Gasteiger partial charge is 0.120 e. The molecule has 2 atom stereocenters. The molecule has 4 aliphatic carbocycles. The van der Waals surface area contributed by atoms with Crippen LogP contribution in [0.15, 0.2) is 0 Å². The van der Waals surface area contributed by atoms with Crippen LogP contribution in [0, 0.1) is 23.7 Å². The molecule has 78 valence electrons. The summed E-state index contributed by atoms with van der Waals surface area (Å²) < 4.78 is 0. The highest BCUT2D eigenvalue weighted by Crippen LogP contribution is 2.58. The number of aldehydes is 1. The monoisotopic (exact) mass is 194 g/mol. The molecular weight excluding hydrogens is 176 g/mol. The van der Waals surface area contributed by atoms with Crippen LogP contribution < -0.4 is 0 Å². The Morgan fingerprint density at radius 3 is 2.36 bits per heavy atom. The summed E-state index contributed by atoms with van der Waals surface area (Å²) in [7, 11) is 0. The summed E-state index contributed by atoms with van der Waals surface area (Å²) in [4.78, 5) is 10.6. The third-order valence-electron chi connectivity index (χ3n) is 4.80. The average Bonchev–Trinajstić information content (AvgIpc) is 2.08. The van der Waals surface area contributed by atoms with Gasteiger partial charge in [-0.05, 0) is 55.8 Å². The number of aliphatic hydroxyl groups is 1. The Bertz CT molecular complexity index is 245. The molecule has 1 N–H and O–H groups in total. The highest BCUT2D eigenvalue weighted by Gasteiger charge is 2.54. The van der Waals surface area contributed by atoms with Crippen LogP contribution in [0.5, 0.6) is 0 Å². The summed E-state index contributed by atoms with van der Waals surface area (Å²) in [6.45, 7) is 0. The van der Waals surface area contributed by atoms with Gasteiger partial charge in [0.2, 0.25) is 0 Å². The highest BCUT2D eigenvalue weighted by molar-refractivity contribution is 5.50. The Kier molecular flexibility index (Phi) is 1.79. The van der Waals surface area contributed by atoms with Crippen molar-refractivity contribution in [1.82, 2.24) is 0 Å². The molecule has 0 aromatic heterocycles. The molecule has 2 nitrogen and oxygen atoms in total. The largest absolute Gasteiger partial charge is 0.390 e. The van der Waals surface area contributed by atoms with E-state index in [-0.39, 0.29) is 5.60 Å². The van der Waals surface area contributed by atoms with E-state index in [1.165, 1.54) is 12.8 Å². The van der Waals surface area contributed by atoms with Crippen LogP contribution in [0.25, 0.3) is 0 Å². The number of rotatable bonds is 2. The van der Waals surface area contributed by atoms with Crippen LogP contribution in [-0.4, -0.2) is 17.0 Å². The second kappa shape index (κ2) is 2.82. The maximum Gasteiger partial charge on any atom is 0.120 e. The van der Waals surface area contributed by atoms with E-state index in [1.807, 2.05) is 0 Å². The van der Waals surface area contributed by atoms with Crippen molar-refractivity contribution in [3.63, 3.8) is 0 Å². The van der Waals surface area contributed by atoms with E-state index in [9.17, 15) is 9.90 Å². The zero-order valence-corrected chi connectivity index (χ0v) is 8.48. The molecule has 0 saturated heterocycles. The van der Waals surface area contributed by atoms with Crippen LogP contribution in [0.2, 0.25) is 0 Å². The Morgan fingerprint density at radius 2 is 1.86 bits per heavy atom. The summed E-state index contributed by atoms with van der Waals surface area (Å²) in [5.41, 5.74) is -0.337. The molecular formula is C12H18O2. The number of hydrogen-bond acceptors (Lipinski definition) is 2. The van der Waals surface area contributed by atoms with Gasteiger partial charge in [-0.15, -0.1) is 0 Å². The maximum absolute atomic E-state index is 10.6. The molecule has 0 spiro atoms. The Hall–Kier alpha value is -0.370. The van der Waals surface area contributed by atoms with E-state index >= 15 is 0 Å². The van der Waals surface area contributed by atoms with Gasteiger partial charge in [-0.25, -0.2) is 0 Å². The summed E-state index contributed by atoms with van der Waals surface area (Å²) >= 11 is 0. The second-order valence-electron chi connectivity index (χ2n) is 5.76. The quantitative estimate of drug-likeness (QED) is 0.680. The van der Waals surface area contributed by atoms with Crippen LogP contribution in [0.1, 0.15) is 38.5 Å². The molecule has 2 unspecified atom stereocenters. The molecule has 4 bridgehead atoms. The van der Waals surface area contributed by atoms with Gasteiger partial charge in [0.1, 0.15) is 6.29 Å². The van der Waals surface area contributed by atoms with Crippen LogP contribution in [-0.2, 0) is 4.79 Å². The third-order valence-corrected chi connectivity index (χ3v) is 4.80. The van der Waals surface area contributed by atoms with Crippen molar-refractivity contribution < 1.29 is 9.90 Å². The van der Waals surface area contributed by atoms with Crippen molar-refractivity contribution in [2.75, 3.05) is 0 Å². The van der Waals surface area contributed by atoms with Gasteiger partial charge in [0.25, 0.3) is 0 Å². The summed E-state index contributed by atoms with van der Waals surface area (Å²) in [5, 5.41) is 10.3. The first-order valence-electron chi connectivity index (χ1n) is 5.86. The van der Waals surface area contributed by atoms with Gasteiger partial charge in [-0.1, -0.05) is 0 Å². The lowest BCUT2D eigenvalue weighted by molar-refractivity contribution is -0.154. The SMILES string of the molecule is O=CCC1C2CC3CC1CC(O)(C3)C2. The maximum atomic E-state index is 10.6. The zero-order valence-electron chi connectivity index (χ0n) is 8.48. The highest BCUT2D eigenvalue weighted by atomic mass is 16.3. The molecule has 0 aliphatic heterocycles. The average molecular weight is 194 g/mol. The lowest BCUT2D eigenvalue weighted by atomic mass is 9.50. The summed E-state index contributed by atoms with van der Waals surface area (Å²) in [5.74, 6) is 2.66. The van der Waals surface area contributed by atoms with Crippen molar-refractivity contribution in [3.8, 4) is 0 Å². The van der Waals surface area contributed by atoms with Crippen molar-refractivity contribution in [1.29, 1.82) is 0 Å². The van der Waals surface area contributed by atoms with Gasteiger partial charge >= 0.3 is 0 Å². The first-order chi connectivity index (χ1) is 6.70. The number of hydrogen-bond donors (Lipinski definition) is 1. The van der Waals surface area contributed by atoms with E-state index < -0.39 is 0 Å². The summed E-state index contributed by atoms with van der Waals surface area (Å²) in [6, 6.07) is 0. The second-order valence-corrected chi connectivity index (χ2v) is 5.76. The fourth-order valence-electron chi connectivity index (χ4n) is 4.58. The van der Waals surface area contributed by atoms with Gasteiger partial charge in [0.15, 0.2) is 0 Å². The fraction of sp³-hybridized carbons (Fsp3) is 0.917. The molecule has 0 radical (unpaired) electrons. The van der Waals surface area contributed by atoms with Gasteiger partial charge < -0.3 is 9.90 Å². The fourth-order valence-corrected chi connectivity index (χ4v) is 4.58. The van der Waals surface area contributed by atoms with E-state index in [2.05, 4.69) is 0 Å². The normalized spacial score (nSPS) is 54.9. The topological polar surface area (TPSA) is 37.3 Å². The molecule has 2 heteroatoms. The van der Waals surface area contributed by atoms with Gasteiger partial charge in [-0.3, -0.25) is 0 Å². The predicted molar refractivity (Wildman–Crippen MR) is 52.7 cm³/mol. The standard InChI is InChI=1S/C12H18O2/c13-2-1-11-9-3-8-4-10(11)7-12(14,5-8)6-9/h2,8-11,14H,1,3-7H2. The molecule has 4 rings (SSSR count). The molecule has 0 aromatic rings. The lowest BCUT2D eigenvalue weighted by Crippen LogP contribution is -2.54. The van der Waals surface area contributed by atoms with Crippen molar-refractivity contribution in [2.24, 2.45) is 23.7 Å². The van der Waals surface area contributed by atoms with Crippen molar-refractivity contribution >= 4 is 6.29 Å². The van der Waals surface area contributed by atoms with Crippen molar-refractivity contribution in [2.45, 2.75) is 44.1 Å². The van der Waals surface area contributed by atoms with Crippen LogP contribution >= 0.6 is 0 Å². The minimum Gasteiger partial charge on any atom is -0.390 e. The van der Waals surface area contributed by atoms with Gasteiger partial charge in [0.05, 0.1) is 5.60 Å². The number of carbonyl (C=O) groups excluding carboxylic acids is 1. The third kappa shape index (κ3) is 1.16. The van der Waals surface area contributed by atoms with Crippen molar-refractivity contribution in [3.05, 3.63) is 0 Å². The zero-order chi connectivity index (χ0) is 9.76. The van der Waals surface area contributed by atoms with E-state index in [1.54, 1.807) is 0 Å². The Labute approximate surface area is 84.7 Å². The molecule has 0 amide bonds. The molecule has 4 aliphatic rings.